The maximum absolute atomic E-state index is 13.8. The fourth-order valence-electron chi connectivity index (χ4n) is 3.03. The molecule has 2 rings (SSSR count). The number of nitrogens with zero attached hydrogens (tertiary/aromatic N) is 1. The fourth-order valence-corrected chi connectivity index (χ4v) is 3.03. The van der Waals surface area contributed by atoms with E-state index in [2.05, 4.69) is 12.2 Å². The first kappa shape index (κ1) is 18.4. The van der Waals surface area contributed by atoms with E-state index >= 15 is 0 Å². The summed E-state index contributed by atoms with van der Waals surface area (Å²) in [6, 6.07) is 2.44. The lowest BCUT2D eigenvalue weighted by Gasteiger charge is -2.35. The SMILES string of the molecule is CC(C)[C@@H](NC(=O)c1c(F)cccc1F)C(=O)N1CCC[C@@H](C)C1. The van der Waals surface area contributed by atoms with Gasteiger partial charge in [0.05, 0.1) is 0 Å². The Kier molecular flexibility index (Phi) is 5.91. The third-order valence-electron chi connectivity index (χ3n) is 4.38. The molecule has 1 N–H and O–H groups in total. The van der Waals surface area contributed by atoms with Crippen LogP contribution in [0.15, 0.2) is 18.2 Å². The molecule has 0 bridgehead atoms. The van der Waals surface area contributed by atoms with Crippen LogP contribution in [0, 0.1) is 23.5 Å². The summed E-state index contributed by atoms with van der Waals surface area (Å²) in [6.07, 6.45) is 2.00. The highest BCUT2D eigenvalue weighted by molar-refractivity contribution is 5.98. The summed E-state index contributed by atoms with van der Waals surface area (Å²) in [4.78, 5) is 26.8. The summed E-state index contributed by atoms with van der Waals surface area (Å²) >= 11 is 0. The molecule has 0 unspecified atom stereocenters. The Balaban J connectivity index is 2.16. The summed E-state index contributed by atoms with van der Waals surface area (Å²) in [5.74, 6) is -2.74. The molecule has 132 valence electrons. The van der Waals surface area contributed by atoms with E-state index in [-0.39, 0.29) is 11.8 Å². The van der Waals surface area contributed by atoms with Crippen molar-refractivity contribution in [2.45, 2.75) is 39.7 Å². The first-order valence-electron chi connectivity index (χ1n) is 8.35. The number of hydrogen-bond acceptors (Lipinski definition) is 2. The molecule has 0 aliphatic carbocycles. The summed E-state index contributed by atoms with van der Waals surface area (Å²) in [6.45, 7) is 6.97. The molecule has 0 spiro atoms. The van der Waals surface area contributed by atoms with Gasteiger partial charge in [0.25, 0.3) is 5.91 Å². The molecule has 1 aromatic rings. The van der Waals surface area contributed by atoms with Gasteiger partial charge in [-0.2, -0.15) is 0 Å². The molecule has 2 amide bonds. The number of carbonyl (C=O) groups excluding carboxylic acids is 2. The zero-order chi connectivity index (χ0) is 17.9. The summed E-state index contributed by atoms with van der Waals surface area (Å²) in [7, 11) is 0. The molecule has 1 aliphatic heterocycles. The zero-order valence-electron chi connectivity index (χ0n) is 14.3. The highest BCUT2D eigenvalue weighted by atomic mass is 19.1. The van der Waals surface area contributed by atoms with Gasteiger partial charge in [0.15, 0.2) is 0 Å². The van der Waals surface area contributed by atoms with Crippen LogP contribution in [0.5, 0.6) is 0 Å². The van der Waals surface area contributed by atoms with Gasteiger partial charge in [0, 0.05) is 13.1 Å². The van der Waals surface area contributed by atoms with Crippen molar-refractivity contribution in [2.24, 2.45) is 11.8 Å². The highest BCUT2D eigenvalue weighted by Crippen LogP contribution is 2.19. The molecule has 1 saturated heterocycles. The summed E-state index contributed by atoms with van der Waals surface area (Å²) in [5, 5.41) is 2.52. The second-order valence-corrected chi connectivity index (χ2v) is 6.82. The van der Waals surface area contributed by atoms with Crippen molar-refractivity contribution in [1.82, 2.24) is 10.2 Å². The monoisotopic (exact) mass is 338 g/mol. The molecule has 0 aromatic heterocycles. The van der Waals surface area contributed by atoms with Gasteiger partial charge in [-0.25, -0.2) is 8.78 Å². The Bertz CT molecular complexity index is 599. The van der Waals surface area contributed by atoms with Crippen molar-refractivity contribution >= 4 is 11.8 Å². The van der Waals surface area contributed by atoms with E-state index < -0.39 is 29.1 Å². The molecular formula is C18H24F2N2O2. The second-order valence-electron chi connectivity index (χ2n) is 6.82. The molecule has 2 atom stereocenters. The average molecular weight is 338 g/mol. The number of amides is 2. The van der Waals surface area contributed by atoms with E-state index in [4.69, 9.17) is 0 Å². The lowest BCUT2D eigenvalue weighted by molar-refractivity contribution is -0.136. The van der Waals surface area contributed by atoms with Gasteiger partial charge in [-0.15, -0.1) is 0 Å². The highest BCUT2D eigenvalue weighted by Gasteiger charge is 2.32. The number of hydrogen-bond donors (Lipinski definition) is 1. The number of benzene rings is 1. The van der Waals surface area contributed by atoms with Crippen molar-refractivity contribution in [3.63, 3.8) is 0 Å². The molecule has 1 fully saturated rings. The zero-order valence-corrected chi connectivity index (χ0v) is 14.3. The predicted octanol–water partition coefficient (Wildman–Crippen LogP) is 2.98. The van der Waals surface area contributed by atoms with Gasteiger partial charge in [0.2, 0.25) is 5.91 Å². The van der Waals surface area contributed by atoms with Crippen LogP contribution in [-0.4, -0.2) is 35.8 Å². The minimum absolute atomic E-state index is 0.187. The number of piperidine rings is 1. The predicted molar refractivity (Wildman–Crippen MR) is 87.4 cm³/mol. The molecule has 1 aliphatic rings. The lowest BCUT2D eigenvalue weighted by Crippen LogP contribution is -2.53. The maximum Gasteiger partial charge on any atom is 0.257 e. The van der Waals surface area contributed by atoms with E-state index in [0.29, 0.717) is 19.0 Å². The Labute approximate surface area is 141 Å². The maximum atomic E-state index is 13.8. The van der Waals surface area contributed by atoms with Crippen LogP contribution in [0.3, 0.4) is 0 Å². The van der Waals surface area contributed by atoms with Crippen LogP contribution in [0.25, 0.3) is 0 Å². The fraction of sp³-hybridized carbons (Fsp3) is 0.556. The lowest BCUT2D eigenvalue weighted by atomic mass is 9.97. The minimum Gasteiger partial charge on any atom is -0.341 e. The molecule has 24 heavy (non-hydrogen) atoms. The Hall–Kier alpha value is -1.98. The third kappa shape index (κ3) is 4.10. The Morgan fingerprint density at radius 1 is 1.25 bits per heavy atom. The van der Waals surface area contributed by atoms with Crippen LogP contribution < -0.4 is 5.32 Å². The minimum atomic E-state index is -0.936. The van der Waals surface area contributed by atoms with Crippen LogP contribution in [-0.2, 0) is 4.79 Å². The Morgan fingerprint density at radius 3 is 2.42 bits per heavy atom. The van der Waals surface area contributed by atoms with Gasteiger partial charge in [-0.3, -0.25) is 9.59 Å². The molecule has 4 nitrogen and oxygen atoms in total. The van der Waals surface area contributed by atoms with Crippen LogP contribution in [0.4, 0.5) is 8.78 Å². The van der Waals surface area contributed by atoms with Crippen molar-refractivity contribution in [1.29, 1.82) is 0 Å². The van der Waals surface area contributed by atoms with E-state index in [1.807, 2.05) is 0 Å². The number of halogens is 2. The van der Waals surface area contributed by atoms with Gasteiger partial charge < -0.3 is 10.2 Å². The standard InChI is InChI=1S/C18H24F2N2O2/c1-11(2)16(18(24)22-9-5-6-12(3)10-22)21-17(23)15-13(19)7-4-8-14(15)20/h4,7-8,11-12,16H,5-6,9-10H2,1-3H3,(H,21,23)/t12-,16-/m1/s1. The van der Waals surface area contributed by atoms with Gasteiger partial charge in [0.1, 0.15) is 23.2 Å². The van der Waals surface area contributed by atoms with Crippen molar-refractivity contribution < 1.29 is 18.4 Å². The van der Waals surface area contributed by atoms with Crippen molar-refractivity contribution in [2.75, 3.05) is 13.1 Å². The topological polar surface area (TPSA) is 49.4 Å². The van der Waals surface area contributed by atoms with Crippen LogP contribution in [0.2, 0.25) is 0 Å². The molecule has 0 saturated carbocycles. The van der Waals surface area contributed by atoms with Gasteiger partial charge in [-0.1, -0.05) is 26.8 Å². The summed E-state index contributed by atoms with van der Waals surface area (Å²) < 4.78 is 27.5. The number of likely N-dealkylation sites (tertiary alicyclic amines) is 1. The third-order valence-corrected chi connectivity index (χ3v) is 4.38. The van der Waals surface area contributed by atoms with E-state index in [0.717, 1.165) is 25.0 Å². The molecule has 6 heteroatoms. The Morgan fingerprint density at radius 2 is 1.88 bits per heavy atom. The molecule has 0 radical (unpaired) electrons. The smallest absolute Gasteiger partial charge is 0.257 e. The first-order valence-corrected chi connectivity index (χ1v) is 8.35. The second kappa shape index (κ2) is 7.73. The largest absolute Gasteiger partial charge is 0.341 e. The molecule has 1 heterocycles. The van der Waals surface area contributed by atoms with Crippen molar-refractivity contribution in [3.8, 4) is 0 Å². The van der Waals surface area contributed by atoms with Crippen LogP contribution >= 0.6 is 0 Å². The normalized spacial score (nSPS) is 19.2. The van der Waals surface area contributed by atoms with Gasteiger partial charge >= 0.3 is 0 Å². The molecular weight excluding hydrogens is 314 g/mol. The summed E-state index contributed by atoms with van der Waals surface area (Å²) in [5.41, 5.74) is -0.650. The number of nitrogens with one attached hydrogen (secondary N) is 1. The average Bonchev–Trinajstić information content (AvgIpc) is 2.51. The van der Waals surface area contributed by atoms with Crippen molar-refractivity contribution in [3.05, 3.63) is 35.4 Å². The van der Waals surface area contributed by atoms with E-state index in [1.165, 1.54) is 6.07 Å². The van der Waals surface area contributed by atoms with Crippen LogP contribution in [0.1, 0.15) is 44.0 Å². The van der Waals surface area contributed by atoms with E-state index in [1.54, 1.807) is 18.7 Å². The number of rotatable bonds is 4. The quantitative estimate of drug-likeness (QED) is 0.917. The van der Waals surface area contributed by atoms with E-state index in [9.17, 15) is 18.4 Å². The number of carbonyl (C=O) groups is 2. The van der Waals surface area contributed by atoms with Gasteiger partial charge in [-0.05, 0) is 36.8 Å². The molecule has 1 aromatic carbocycles. The first-order chi connectivity index (χ1) is 11.3.